The van der Waals surface area contributed by atoms with E-state index in [-0.39, 0.29) is 5.91 Å². The molecule has 0 aromatic heterocycles. The van der Waals surface area contributed by atoms with E-state index in [4.69, 9.17) is 0 Å². The second-order valence-corrected chi connectivity index (χ2v) is 5.23. The summed E-state index contributed by atoms with van der Waals surface area (Å²) in [4.78, 5) is 14.9. The maximum Gasteiger partial charge on any atom is 0.251 e. The lowest BCUT2D eigenvalue weighted by molar-refractivity contribution is 0.0952. The quantitative estimate of drug-likeness (QED) is 0.473. The zero-order chi connectivity index (χ0) is 12.7. The Kier molecular flexibility index (Phi) is 6.47. The van der Waals surface area contributed by atoms with Crippen LogP contribution >= 0.6 is 22.5 Å². The van der Waals surface area contributed by atoms with E-state index < -0.39 is 0 Å². The third kappa shape index (κ3) is 5.48. The van der Waals surface area contributed by atoms with Crippen molar-refractivity contribution in [2.24, 2.45) is 0 Å². The molecule has 17 heavy (non-hydrogen) atoms. The molecular weight excluding hydrogens is 252 g/mol. The van der Waals surface area contributed by atoms with Gasteiger partial charge in [0.2, 0.25) is 0 Å². The van der Waals surface area contributed by atoms with Gasteiger partial charge in [-0.25, -0.2) is 0 Å². The Labute approximate surface area is 112 Å². The zero-order valence-corrected chi connectivity index (χ0v) is 11.9. The van der Waals surface area contributed by atoms with Crippen LogP contribution in [0.1, 0.15) is 16.8 Å². The molecule has 1 amide bonds. The van der Waals surface area contributed by atoms with Gasteiger partial charge in [0.25, 0.3) is 5.91 Å². The van der Waals surface area contributed by atoms with Gasteiger partial charge in [-0.15, -0.1) is 11.7 Å². The number of nitrogens with zero attached hydrogens (tertiary/aromatic N) is 1. The summed E-state index contributed by atoms with van der Waals surface area (Å²) >= 11 is 4.11. The SMILES string of the molecule is CN(C)CCCNC(=O)c1cccc(SS)c1. The molecule has 1 N–H and O–H groups in total. The van der Waals surface area contributed by atoms with Crippen LogP contribution in [0.4, 0.5) is 0 Å². The Morgan fingerprint density at radius 2 is 2.24 bits per heavy atom. The second-order valence-electron chi connectivity index (χ2n) is 4.03. The predicted octanol–water partition coefficient (Wildman–Crippen LogP) is 2.31. The van der Waals surface area contributed by atoms with E-state index in [1.165, 1.54) is 10.8 Å². The molecule has 0 saturated carbocycles. The normalized spacial score (nSPS) is 10.6. The van der Waals surface area contributed by atoms with E-state index >= 15 is 0 Å². The van der Waals surface area contributed by atoms with Crippen LogP contribution in [-0.2, 0) is 0 Å². The van der Waals surface area contributed by atoms with Crippen LogP contribution in [0, 0.1) is 0 Å². The van der Waals surface area contributed by atoms with Crippen molar-refractivity contribution in [1.29, 1.82) is 0 Å². The molecule has 0 fully saturated rings. The van der Waals surface area contributed by atoms with Crippen molar-refractivity contribution in [1.82, 2.24) is 10.2 Å². The lowest BCUT2D eigenvalue weighted by Crippen LogP contribution is -2.27. The molecule has 1 aromatic carbocycles. The fourth-order valence-electron chi connectivity index (χ4n) is 1.39. The Morgan fingerprint density at radius 3 is 2.88 bits per heavy atom. The van der Waals surface area contributed by atoms with Crippen molar-refractivity contribution in [3.05, 3.63) is 29.8 Å². The summed E-state index contributed by atoms with van der Waals surface area (Å²) in [7, 11) is 5.39. The first-order valence-corrected chi connectivity index (χ1v) is 7.35. The molecule has 0 aliphatic carbocycles. The van der Waals surface area contributed by atoms with Gasteiger partial charge in [-0.1, -0.05) is 16.9 Å². The minimum Gasteiger partial charge on any atom is -0.352 e. The van der Waals surface area contributed by atoms with E-state index in [1.807, 2.05) is 38.4 Å². The molecule has 0 aliphatic heterocycles. The summed E-state index contributed by atoms with van der Waals surface area (Å²) in [5.41, 5.74) is 0.689. The molecule has 3 nitrogen and oxygen atoms in total. The number of hydrogen-bond donors (Lipinski definition) is 2. The minimum absolute atomic E-state index is 0.0204. The lowest BCUT2D eigenvalue weighted by atomic mass is 10.2. The predicted molar refractivity (Wildman–Crippen MR) is 76.8 cm³/mol. The van der Waals surface area contributed by atoms with Crippen LogP contribution in [0.25, 0.3) is 0 Å². The van der Waals surface area contributed by atoms with Crippen LogP contribution in [0.15, 0.2) is 29.2 Å². The summed E-state index contributed by atoms with van der Waals surface area (Å²) in [6, 6.07) is 7.46. The topological polar surface area (TPSA) is 32.3 Å². The first kappa shape index (κ1) is 14.4. The summed E-state index contributed by atoms with van der Waals surface area (Å²) in [5.74, 6) is -0.0204. The van der Waals surface area contributed by atoms with Crippen molar-refractivity contribution in [2.45, 2.75) is 11.3 Å². The van der Waals surface area contributed by atoms with Gasteiger partial charge < -0.3 is 10.2 Å². The fourth-order valence-corrected chi connectivity index (χ4v) is 2.05. The number of nitrogens with one attached hydrogen (secondary N) is 1. The van der Waals surface area contributed by atoms with Gasteiger partial charge >= 0.3 is 0 Å². The number of carbonyl (C=O) groups is 1. The first-order chi connectivity index (χ1) is 8.13. The summed E-state index contributed by atoms with van der Waals surface area (Å²) in [5, 5.41) is 2.91. The van der Waals surface area contributed by atoms with Crippen LogP contribution in [0.3, 0.4) is 0 Å². The zero-order valence-electron chi connectivity index (χ0n) is 10.1. The second kappa shape index (κ2) is 7.63. The first-order valence-electron chi connectivity index (χ1n) is 5.48. The monoisotopic (exact) mass is 270 g/mol. The number of thiol groups is 1. The average Bonchev–Trinajstić information content (AvgIpc) is 2.34. The van der Waals surface area contributed by atoms with E-state index in [0.29, 0.717) is 12.1 Å². The smallest absolute Gasteiger partial charge is 0.251 e. The maximum absolute atomic E-state index is 11.8. The number of amides is 1. The van der Waals surface area contributed by atoms with Crippen molar-refractivity contribution in [3.63, 3.8) is 0 Å². The van der Waals surface area contributed by atoms with Crippen molar-refractivity contribution >= 4 is 28.4 Å². The summed E-state index contributed by atoms with van der Waals surface area (Å²) < 4.78 is 0. The molecule has 0 aliphatic rings. The summed E-state index contributed by atoms with van der Waals surface area (Å²) in [6.07, 6.45) is 0.958. The van der Waals surface area contributed by atoms with Crippen molar-refractivity contribution in [2.75, 3.05) is 27.2 Å². The van der Waals surface area contributed by atoms with E-state index in [0.717, 1.165) is 17.9 Å². The summed E-state index contributed by atoms with van der Waals surface area (Å²) in [6.45, 7) is 1.68. The van der Waals surface area contributed by atoms with Gasteiger partial charge in [0, 0.05) is 17.0 Å². The molecule has 0 radical (unpaired) electrons. The number of rotatable bonds is 6. The molecule has 0 saturated heterocycles. The standard InChI is InChI=1S/C12H18N2OS2/c1-14(2)8-4-7-13-12(15)10-5-3-6-11(9-10)17-16/h3,5-6,9,16H,4,7-8H2,1-2H3,(H,13,15). The van der Waals surface area contributed by atoms with Gasteiger partial charge in [0.1, 0.15) is 0 Å². The highest BCUT2D eigenvalue weighted by molar-refractivity contribution is 8.68. The van der Waals surface area contributed by atoms with Crippen LogP contribution in [-0.4, -0.2) is 38.0 Å². The molecule has 0 heterocycles. The van der Waals surface area contributed by atoms with Crippen molar-refractivity contribution in [3.8, 4) is 0 Å². The fraction of sp³-hybridized carbons (Fsp3) is 0.417. The highest BCUT2D eigenvalue weighted by Gasteiger charge is 2.05. The number of carbonyl (C=O) groups excluding carboxylic acids is 1. The van der Waals surface area contributed by atoms with Gasteiger partial charge in [0.05, 0.1) is 0 Å². The van der Waals surface area contributed by atoms with Gasteiger partial charge in [-0.05, 0) is 45.3 Å². The lowest BCUT2D eigenvalue weighted by Gasteiger charge is -2.10. The van der Waals surface area contributed by atoms with Gasteiger partial charge in [-0.3, -0.25) is 4.79 Å². The average molecular weight is 270 g/mol. The molecule has 94 valence electrons. The minimum atomic E-state index is -0.0204. The molecule has 1 aromatic rings. The molecule has 0 spiro atoms. The van der Waals surface area contributed by atoms with Gasteiger partial charge in [0.15, 0.2) is 0 Å². The van der Waals surface area contributed by atoms with Crippen LogP contribution in [0.5, 0.6) is 0 Å². The molecule has 0 atom stereocenters. The Bertz CT molecular complexity index is 369. The maximum atomic E-state index is 11.8. The molecular formula is C12H18N2OS2. The van der Waals surface area contributed by atoms with E-state index in [1.54, 1.807) is 0 Å². The highest BCUT2D eigenvalue weighted by atomic mass is 33.1. The third-order valence-electron chi connectivity index (χ3n) is 2.27. The van der Waals surface area contributed by atoms with Crippen LogP contribution < -0.4 is 5.32 Å². The Morgan fingerprint density at radius 1 is 1.47 bits per heavy atom. The van der Waals surface area contributed by atoms with Gasteiger partial charge in [-0.2, -0.15) is 0 Å². The number of benzene rings is 1. The molecule has 0 unspecified atom stereocenters. The van der Waals surface area contributed by atoms with E-state index in [2.05, 4.69) is 21.9 Å². The molecule has 0 bridgehead atoms. The highest BCUT2D eigenvalue weighted by Crippen LogP contribution is 2.21. The van der Waals surface area contributed by atoms with Crippen molar-refractivity contribution < 1.29 is 4.79 Å². The Hall–Kier alpha value is -0.650. The third-order valence-corrected chi connectivity index (χ3v) is 3.37. The Balaban J connectivity index is 2.41. The van der Waals surface area contributed by atoms with Crippen LogP contribution in [0.2, 0.25) is 0 Å². The largest absolute Gasteiger partial charge is 0.352 e. The van der Waals surface area contributed by atoms with E-state index in [9.17, 15) is 4.79 Å². The molecule has 1 rings (SSSR count). The number of hydrogen-bond acceptors (Lipinski definition) is 4. The molecule has 5 heteroatoms.